The molecular weight excluding hydrogens is 382 g/mol. The first kappa shape index (κ1) is 17.1. The first-order valence-electron chi connectivity index (χ1n) is 8.98. The number of halogens is 1. The fourth-order valence-electron chi connectivity index (χ4n) is 3.55. The van der Waals surface area contributed by atoms with Crippen LogP contribution in [0.5, 0.6) is 0 Å². The van der Waals surface area contributed by atoms with E-state index in [1.165, 1.54) is 0 Å². The minimum Gasteiger partial charge on any atom is -0.333 e. The molecule has 5 rings (SSSR count). The summed E-state index contributed by atoms with van der Waals surface area (Å²) in [5.74, 6) is 0.839. The average Bonchev–Trinajstić information content (AvgIpc) is 3.35. The van der Waals surface area contributed by atoms with E-state index in [-0.39, 0.29) is 17.4 Å². The molecule has 4 aromatic rings. The number of piperidine rings is 1. The topological polar surface area (TPSA) is 114 Å². The molecule has 0 aliphatic carbocycles. The number of hydrogen-bond acceptors (Lipinski definition) is 7. The van der Waals surface area contributed by atoms with Crippen molar-refractivity contribution in [3.05, 3.63) is 51.7 Å². The predicted molar refractivity (Wildman–Crippen MR) is 102 cm³/mol. The second kappa shape index (κ2) is 6.84. The van der Waals surface area contributed by atoms with Gasteiger partial charge in [0.2, 0.25) is 5.82 Å². The van der Waals surface area contributed by atoms with E-state index in [9.17, 15) is 4.79 Å². The van der Waals surface area contributed by atoms with Crippen LogP contribution < -0.4 is 10.9 Å². The van der Waals surface area contributed by atoms with Crippen molar-refractivity contribution in [1.29, 1.82) is 0 Å². The Labute approximate surface area is 163 Å². The molecule has 0 atom stereocenters. The van der Waals surface area contributed by atoms with Crippen LogP contribution in [-0.4, -0.2) is 42.8 Å². The monoisotopic (exact) mass is 397 g/mol. The van der Waals surface area contributed by atoms with E-state index in [4.69, 9.17) is 16.1 Å². The largest absolute Gasteiger partial charge is 0.333 e. The Morgan fingerprint density at radius 2 is 2.07 bits per heavy atom. The Kier molecular flexibility index (Phi) is 4.18. The molecule has 4 aromatic heterocycles. The number of hydrogen-bond donors (Lipinski definition) is 2. The van der Waals surface area contributed by atoms with Gasteiger partial charge in [-0.1, -0.05) is 22.8 Å². The fourth-order valence-corrected chi connectivity index (χ4v) is 3.71. The fraction of sp³-hybridized carbons (Fsp3) is 0.278. The minimum atomic E-state index is -0.181. The first-order chi connectivity index (χ1) is 13.7. The Hall–Kier alpha value is -3.04. The Bertz CT molecular complexity index is 1210. The number of rotatable bonds is 3. The maximum atomic E-state index is 12.3. The summed E-state index contributed by atoms with van der Waals surface area (Å²) < 4.78 is 7.17. The molecule has 0 bridgehead atoms. The molecule has 0 unspecified atom stereocenters. The van der Waals surface area contributed by atoms with Crippen LogP contribution >= 0.6 is 11.6 Å². The van der Waals surface area contributed by atoms with E-state index in [0.717, 1.165) is 31.6 Å². The number of nitrogens with zero attached hydrogens (tertiary/aromatic N) is 5. The molecule has 0 radical (unpaired) electrons. The number of H-pyrrole nitrogens is 1. The summed E-state index contributed by atoms with van der Waals surface area (Å²) in [4.78, 5) is 23.7. The van der Waals surface area contributed by atoms with E-state index in [1.54, 1.807) is 35.0 Å². The van der Waals surface area contributed by atoms with Crippen LogP contribution in [0.25, 0.3) is 28.6 Å². The lowest BCUT2D eigenvalue weighted by atomic mass is 9.94. The molecule has 0 amide bonds. The Morgan fingerprint density at radius 3 is 2.89 bits per heavy atom. The van der Waals surface area contributed by atoms with Gasteiger partial charge >= 0.3 is 0 Å². The summed E-state index contributed by atoms with van der Waals surface area (Å²) in [6.07, 6.45) is 3.54. The number of nitrogens with one attached hydrogen (secondary N) is 2. The van der Waals surface area contributed by atoms with Gasteiger partial charge in [0.25, 0.3) is 11.4 Å². The summed E-state index contributed by atoms with van der Waals surface area (Å²) >= 11 is 5.93. The smallest absolute Gasteiger partial charge is 0.263 e. The number of aromatic amines is 1. The zero-order valence-electron chi connectivity index (χ0n) is 14.7. The summed E-state index contributed by atoms with van der Waals surface area (Å²) in [6, 6.07) is 6.80. The van der Waals surface area contributed by atoms with Gasteiger partial charge in [0.05, 0.1) is 11.9 Å². The molecule has 1 aliphatic rings. The molecule has 28 heavy (non-hydrogen) atoms. The van der Waals surface area contributed by atoms with E-state index >= 15 is 0 Å². The van der Waals surface area contributed by atoms with Crippen molar-refractivity contribution in [2.24, 2.45) is 0 Å². The molecule has 0 spiro atoms. The van der Waals surface area contributed by atoms with Crippen LogP contribution in [0.1, 0.15) is 24.5 Å². The Morgan fingerprint density at radius 1 is 1.21 bits per heavy atom. The van der Waals surface area contributed by atoms with Crippen molar-refractivity contribution in [1.82, 2.24) is 35.0 Å². The first-order valence-corrected chi connectivity index (χ1v) is 9.35. The summed E-state index contributed by atoms with van der Waals surface area (Å²) in [5, 5.41) is 12.1. The second-order valence-electron chi connectivity index (χ2n) is 6.67. The van der Waals surface area contributed by atoms with Crippen molar-refractivity contribution < 1.29 is 4.52 Å². The van der Waals surface area contributed by atoms with Gasteiger partial charge in [-0.05, 0) is 38.1 Å². The van der Waals surface area contributed by atoms with Gasteiger partial charge in [-0.2, -0.15) is 10.1 Å². The van der Waals surface area contributed by atoms with E-state index in [0.29, 0.717) is 27.9 Å². The van der Waals surface area contributed by atoms with Crippen LogP contribution in [0.3, 0.4) is 0 Å². The molecule has 10 heteroatoms. The SMILES string of the molecule is O=c1cc(C2CCNCC2)n2ncc(-c3nc(-c4cccc(Cl)n4)no3)c2[nH]1. The number of fused-ring (bicyclic) bond motifs is 1. The molecule has 5 heterocycles. The van der Waals surface area contributed by atoms with E-state index in [2.05, 4.69) is 30.5 Å². The van der Waals surface area contributed by atoms with Crippen molar-refractivity contribution in [3.63, 3.8) is 0 Å². The van der Waals surface area contributed by atoms with Crippen LogP contribution in [-0.2, 0) is 0 Å². The average molecular weight is 398 g/mol. The van der Waals surface area contributed by atoms with Crippen LogP contribution in [0.2, 0.25) is 5.15 Å². The van der Waals surface area contributed by atoms with Crippen molar-refractivity contribution in [2.75, 3.05) is 13.1 Å². The maximum absolute atomic E-state index is 12.3. The third-order valence-corrected chi connectivity index (χ3v) is 5.10. The number of aromatic nitrogens is 6. The quantitative estimate of drug-likeness (QED) is 0.509. The molecule has 1 aliphatic heterocycles. The Balaban J connectivity index is 1.59. The second-order valence-corrected chi connectivity index (χ2v) is 7.06. The van der Waals surface area contributed by atoms with Crippen molar-refractivity contribution in [3.8, 4) is 23.0 Å². The molecule has 142 valence electrons. The third kappa shape index (κ3) is 2.98. The van der Waals surface area contributed by atoms with Gasteiger partial charge in [0.15, 0.2) is 0 Å². The van der Waals surface area contributed by atoms with Crippen LogP contribution in [0.4, 0.5) is 0 Å². The zero-order valence-corrected chi connectivity index (χ0v) is 15.5. The normalized spacial score (nSPS) is 15.3. The van der Waals surface area contributed by atoms with Crippen LogP contribution in [0.15, 0.2) is 39.8 Å². The highest BCUT2D eigenvalue weighted by molar-refractivity contribution is 6.29. The van der Waals surface area contributed by atoms with Gasteiger partial charge in [-0.3, -0.25) is 4.79 Å². The molecule has 0 aromatic carbocycles. The summed E-state index contributed by atoms with van der Waals surface area (Å²) in [6.45, 7) is 1.85. The van der Waals surface area contributed by atoms with E-state index < -0.39 is 0 Å². The molecule has 1 fully saturated rings. The van der Waals surface area contributed by atoms with Gasteiger partial charge < -0.3 is 14.8 Å². The highest BCUT2D eigenvalue weighted by atomic mass is 35.5. The van der Waals surface area contributed by atoms with Crippen molar-refractivity contribution in [2.45, 2.75) is 18.8 Å². The van der Waals surface area contributed by atoms with Crippen molar-refractivity contribution >= 4 is 17.2 Å². The molecular formula is C18H16ClN7O2. The summed E-state index contributed by atoms with van der Waals surface area (Å²) in [5.41, 5.74) is 2.31. The van der Waals surface area contributed by atoms with Gasteiger partial charge in [0, 0.05) is 12.0 Å². The lowest BCUT2D eigenvalue weighted by Gasteiger charge is -2.23. The molecule has 1 saturated heterocycles. The minimum absolute atomic E-state index is 0.181. The predicted octanol–water partition coefficient (Wildman–Crippen LogP) is 2.25. The molecule has 2 N–H and O–H groups in total. The highest BCUT2D eigenvalue weighted by Crippen LogP contribution is 2.28. The number of pyridine rings is 1. The lowest BCUT2D eigenvalue weighted by molar-refractivity contribution is 0.432. The molecule has 0 saturated carbocycles. The molecule has 9 nitrogen and oxygen atoms in total. The zero-order chi connectivity index (χ0) is 19.1. The van der Waals surface area contributed by atoms with Gasteiger partial charge in [-0.15, -0.1) is 0 Å². The van der Waals surface area contributed by atoms with Gasteiger partial charge in [-0.25, -0.2) is 9.50 Å². The summed E-state index contributed by atoms with van der Waals surface area (Å²) in [7, 11) is 0. The van der Waals surface area contributed by atoms with E-state index in [1.807, 2.05) is 0 Å². The third-order valence-electron chi connectivity index (χ3n) is 4.89. The standard InChI is InChI=1S/C18H16ClN7O2/c19-14-3-1-2-12(22-14)16-24-18(28-25-16)11-9-21-26-13(8-15(27)23-17(11)26)10-4-6-20-7-5-10/h1-3,8-10,20H,4-7H2,(H,23,27). The van der Waals surface area contributed by atoms with Gasteiger partial charge in [0.1, 0.15) is 22.1 Å². The van der Waals surface area contributed by atoms with Crippen LogP contribution in [0, 0.1) is 0 Å². The lowest BCUT2D eigenvalue weighted by Crippen LogP contribution is -2.28. The maximum Gasteiger partial charge on any atom is 0.263 e. The highest BCUT2D eigenvalue weighted by Gasteiger charge is 2.22.